The quantitative estimate of drug-likeness (QED) is 0.165. The number of rotatable bonds is 10. The Balaban J connectivity index is 1.97. The van der Waals surface area contributed by atoms with Crippen LogP contribution in [-0.4, -0.2) is 93.6 Å². The van der Waals surface area contributed by atoms with E-state index in [1.165, 1.54) is 18.7 Å². The Bertz CT molecular complexity index is 1140. The summed E-state index contributed by atoms with van der Waals surface area (Å²) < 4.78 is 73.0. The molecule has 2 amide bonds. The van der Waals surface area contributed by atoms with Gasteiger partial charge in [0, 0.05) is 29.9 Å². The zero-order valence-electron chi connectivity index (χ0n) is 22.2. The molecule has 9 nitrogen and oxygen atoms in total. The minimum atomic E-state index is -4.63. The Labute approximate surface area is 233 Å². The topological polar surface area (TPSA) is 116 Å². The van der Waals surface area contributed by atoms with E-state index in [1.807, 2.05) is 6.92 Å². The fourth-order valence-corrected chi connectivity index (χ4v) is 4.85. The lowest BCUT2D eigenvalue weighted by molar-refractivity contribution is -0.143. The molecular formula is C25H32F5N5O4S. The fourth-order valence-electron chi connectivity index (χ4n) is 4.53. The van der Waals surface area contributed by atoms with Crippen molar-refractivity contribution in [3.8, 4) is 0 Å². The molecule has 2 aliphatic rings. The standard InChI is InChI=1S/C25H32F5N5O4S/c1-4-18(25(28,29)30)34-19-8-14(22(26)27)15(9-31-19)21(40)20(24(38)35-7-5-6-12(35)2)32-13(3)23(37)33-16-10-39-11-17(16)36/h8-9,12,16-18,20,22,36H,4-7,10-11H2,1-3H3,(H,31,34)(H,33,37)/b32-13+/t12-,16-,17-,18-,20?/m0/s1. The van der Waals surface area contributed by atoms with Gasteiger partial charge in [0.1, 0.15) is 11.9 Å². The van der Waals surface area contributed by atoms with Gasteiger partial charge in [0.05, 0.1) is 35.9 Å². The molecule has 15 heteroatoms. The third-order valence-electron chi connectivity index (χ3n) is 6.90. The van der Waals surface area contributed by atoms with Gasteiger partial charge < -0.3 is 25.4 Å². The zero-order valence-corrected chi connectivity index (χ0v) is 23.0. The maximum Gasteiger partial charge on any atom is 0.408 e. The van der Waals surface area contributed by atoms with Crippen molar-refractivity contribution in [2.24, 2.45) is 4.99 Å². The number of aromatic nitrogens is 1. The van der Waals surface area contributed by atoms with Crippen molar-refractivity contribution < 1.29 is 41.4 Å². The minimum Gasteiger partial charge on any atom is -0.388 e. The lowest BCUT2D eigenvalue weighted by atomic mass is 10.0. The molecule has 222 valence electrons. The van der Waals surface area contributed by atoms with Crippen LogP contribution in [-0.2, 0) is 14.3 Å². The number of likely N-dealkylation sites (tertiary alicyclic amines) is 1. The monoisotopic (exact) mass is 593 g/mol. The Kier molecular flexibility index (Phi) is 10.5. The van der Waals surface area contributed by atoms with Crippen molar-refractivity contribution in [3.63, 3.8) is 0 Å². The number of amides is 2. The third kappa shape index (κ3) is 7.49. The first-order chi connectivity index (χ1) is 18.7. The van der Waals surface area contributed by atoms with Crippen molar-refractivity contribution in [3.05, 3.63) is 23.4 Å². The highest BCUT2D eigenvalue weighted by Gasteiger charge is 2.39. The molecule has 0 saturated carbocycles. The van der Waals surface area contributed by atoms with Crippen LogP contribution in [0.25, 0.3) is 0 Å². The molecule has 0 bridgehead atoms. The van der Waals surface area contributed by atoms with E-state index in [2.05, 4.69) is 20.6 Å². The second-order valence-corrected chi connectivity index (χ2v) is 10.2. The molecule has 3 heterocycles. The number of carbonyl (C=O) groups excluding carboxylic acids is 2. The van der Waals surface area contributed by atoms with Gasteiger partial charge in [-0.25, -0.2) is 13.8 Å². The molecule has 1 aromatic rings. The van der Waals surface area contributed by atoms with Crippen LogP contribution in [0.3, 0.4) is 0 Å². The number of pyridine rings is 1. The number of halogens is 5. The average Bonchev–Trinajstić information content (AvgIpc) is 3.51. The summed E-state index contributed by atoms with van der Waals surface area (Å²) in [6.45, 7) is 4.90. The van der Waals surface area contributed by atoms with Gasteiger partial charge in [-0.2, -0.15) is 13.2 Å². The van der Waals surface area contributed by atoms with E-state index in [1.54, 1.807) is 0 Å². The summed E-state index contributed by atoms with van der Waals surface area (Å²) in [5, 5.41) is 14.6. The summed E-state index contributed by atoms with van der Waals surface area (Å²) in [5.74, 6) is -1.75. The summed E-state index contributed by atoms with van der Waals surface area (Å²) in [6, 6.07) is -3.67. The molecule has 2 fully saturated rings. The van der Waals surface area contributed by atoms with Crippen LogP contribution < -0.4 is 10.6 Å². The minimum absolute atomic E-state index is 0.0371. The molecule has 5 atom stereocenters. The Morgan fingerprint density at radius 1 is 1.32 bits per heavy atom. The second kappa shape index (κ2) is 13.3. The van der Waals surface area contributed by atoms with E-state index in [-0.39, 0.29) is 41.8 Å². The summed E-state index contributed by atoms with van der Waals surface area (Å²) in [7, 11) is 0. The Hall–Kier alpha value is -2.78. The number of aliphatic hydroxyl groups is 1. The number of anilines is 1. The number of hydrogen-bond acceptors (Lipinski definition) is 8. The van der Waals surface area contributed by atoms with Crippen molar-refractivity contribution in [2.45, 2.75) is 82.9 Å². The van der Waals surface area contributed by atoms with Gasteiger partial charge in [-0.1, -0.05) is 19.1 Å². The molecular weight excluding hydrogens is 561 g/mol. The van der Waals surface area contributed by atoms with Crippen molar-refractivity contribution in [1.29, 1.82) is 0 Å². The normalized spacial score (nSPS) is 23.3. The smallest absolute Gasteiger partial charge is 0.388 e. The van der Waals surface area contributed by atoms with E-state index in [0.29, 0.717) is 19.4 Å². The molecule has 2 saturated heterocycles. The first-order valence-corrected chi connectivity index (χ1v) is 13.2. The van der Waals surface area contributed by atoms with Gasteiger partial charge in [-0.05, 0) is 39.2 Å². The van der Waals surface area contributed by atoms with Crippen LogP contribution in [0.5, 0.6) is 0 Å². The Morgan fingerprint density at radius 3 is 2.55 bits per heavy atom. The number of carbonyl (C=O) groups is 2. The second-order valence-electron chi connectivity index (χ2n) is 9.79. The van der Waals surface area contributed by atoms with Gasteiger partial charge in [-0.15, -0.1) is 0 Å². The highest BCUT2D eigenvalue weighted by atomic mass is 32.1. The number of alkyl halides is 5. The van der Waals surface area contributed by atoms with Crippen LogP contribution >= 0.6 is 12.2 Å². The van der Waals surface area contributed by atoms with Crippen molar-refractivity contribution in [1.82, 2.24) is 15.2 Å². The van der Waals surface area contributed by atoms with E-state index in [4.69, 9.17) is 17.0 Å². The molecule has 0 spiro atoms. The lowest BCUT2D eigenvalue weighted by Gasteiger charge is -2.27. The van der Waals surface area contributed by atoms with E-state index < -0.39 is 60.0 Å². The van der Waals surface area contributed by atoms with Gasteiger partial charge in [0.15, 0.2) is 6.04 Å². The van der Waals surface area contributed by atoms with Crippen LogP contribution in [0.1, 0.15) is 57.6 Å². The van der Waals surface area contributed by atoms with Crippen molar-refractivity contribution >= 4 is 40.4 Å². The van der Waals surface area contributed by atoms with E-state index >= 15 is 0 Å². The summed E-state index contributed by atoms with van der Waals surface area (Å²) in [5.41, 5.74) is -1.25. The fraction of sp³-hybridized carbons (Fsp3) is 0.640. The van der Waals surface area contributed by atoms with Gasteiger partial charge in [-0.3, -0.25) is 14.6 Å². The van der Waals surface area contributed by atoms with Gasteiger partial charge in [0.2, 0.25) is 0 Å². The van der Waals surface area contributed by atoms with E-state index in [9.17, 15) is 36.6 Å². The molecule has 0 aliphatic carbocycles. The SMILES string of the molecule is CC[C@H](Nc1cc(C(F)F)c(C(=S)C(/N=C(\C)C(=O)N[C@H]2COC[C@@H]2O)C(=O)N2CCC[C@@H]2C)cn1)C(F)(F)F. The highest BCUT2D eigenvalue weighted by molar-refractivity contribution is 7.81. The predicted octanol–water partition coefficient (Wildman–Crippen LogP) is 3.21. The van der Waals surface area contributed by atoms with Crippen LogP contribution in [0.15, 0.2) is 17.3 Å². The molecule has 0 radical (unpaired) electrons. The maximum absolute atomic E-state index is 14.1. The third-order valence-corrected chi connectivity index (χ3v) is 7.34. The molecule has 40 heavy (non-hydrogen) atoms. The number of nitrogens with one attached hydrogen (secondary N) is 2. The lowest BCUT2D eigenvalue weighted by Crippen LogP contribution is -2.47. The molecule has 1 aromatic heterocycles. The Morgan fingerprint density at radius 2 is 2.02 bits per heavy atom. The molecule has 3 rings (SSSR count). The van der Waals surface area contributed by atoms with Crippen LogP contribution in [0, 0.1) is 0 Å². The molecule has 2 aliphatic heterocycles. The zero-order chi connectivity index (χ0) is 29.8. The number of ether oxygens (including phenoxy) is 1. The van der Waals surface area contributed by atoms with Crippen molar-refractivity contribution in [2.75, 3.05) is 25.1 Å². The number of aliphatic hydroxyl groups excluding tert-OH is 1. The van der Waals surface area contributed by atoms with Gasteiger partial charge in [0.25, 0.3) is 18.2 Å². The maximum atomic E-state index is 14.1. The average molecular weight is 594 g/mol. The number of thiocarbonyl (C=S) groups is 1. The molecule has 3 N–H and O–H groups in total. The first kappa shape index (κ1) is 31.7. The van der Waals surface area contributed by atoms with Gasteiger partial charge >= 0.3 is 6.18 Å². The summed E-state index contributed by atoms with van der Waals surface area (Å²) in [6.07, 6.45) is -6.79. The molecule has 1 unspecified atom stereocenters. The number of aliphatic imine (C=N–C) groups is 1. The molecule has 0 aromatic carbocycles. The van der Waals surface area contributed by atoms with Crippen LogP contribution in [0.2, 0.25) is 0 Å². The predicted molar refractivity (Wildman–Crippen MR) is 141 cm³/mol. The first-order valence-electron chi connectivity index (χ1n) is 12.8. The summed E-state index contributed by atoms with van der Waals surface area (Å²) in [4.78, 5) is 35.6. The highest BCUT2D eigenvalue weighted by Crippen LogP contribution is 2.30. The number of hydrogen-bond donors (Lipinski definition) is 3. The summed E-state index contributed by atoms with van der Waals surface area (Å²) >= 11 is 5.46. The van der Waals surface area contributed by atoms with E-state index in [0.717, 1.165) is 12.3 Å². The van der Waals surface area contributed by atoms with Crippen LogP contribution in [0.4, 0.5) is 27.8 Å². The number of nitrogens with zero attached hydrogens (tertiary/aromatic N) is 3. The largest absolute Gasteiger partial charge is 0.408 e.